The first-order valence-corrected chi connectivity index (χ1v) is 6.11. The molecule has 0 spiro atoms. The second-order valence-electron chi connectivity index (χ2n) is 4.17. The fourth-order valence-corrected chi connectivity index (χ4v) is 1.94. The summed E-state index contributed by atoms with van der Waals surface area (Å²) in [7, 11) is 0. The highest BCUT2D eigenvalue weighted by Crippen LogP contribution is 2.18. The molecule has 0 fully saturated rings. The van der Waals surface area contributed by atoms with Gasteiger partial charge in [-0.15, -0.1) is 0 Å². The molecule has 20 heavy (non-hydrogen) atoms. The van der Waals surface area contributed by atoms with E-state index in [0.29, 0.717) is 27.5 Å². The molecule has 0 saturated carbocycles. The molecule has 0 aliphatic heterocycles. The molecular formula is C14H12ClN3O2. The van der Waals surface area contributed by atoms with Crippen molar-refractivity contribution in [2.75, 3.05) is 11.1 Å². The topological polar surface area (TPSA) is 98.2 Å². The predicted molar refractivity (Wildman–Crippen MR) is 78.8 cm³/mol. The molecule has 6 heteroatoms. The largest absolute Gasteiger partial charge is 0.399 e. The van der Waals surface area contributed by atoms with Crippen molar-refractivity contribution < 1.29 is 9.59 Å². The van der Waals surface area contributed by atoms with Gasteiger partial charge in [-0.25, -0.2) is 0 Å². The number of halogens is 1. The van der Waals surface area contributed by atoms with Crippen LogP contribution in [0.25, 0.3) is 0 Å². The Bertz CT molecular complexity index is 666. The Labute approximate surface area is 120 Å². The van der Waals surface area contributed by atoms with Gasteiger partial charge >= 0.3 is 0 Å². The Morgan fingerprint density at radius 2 is 1.80 bits per heavy atom. The molecule has 5 nitrogen and oxygen atoms in total. The fraction of sp³-hybridized carbons (Fsp3) is 0. The van der Waals surface area contributed by atoms with E-state index < -0.39 is 5.91 Å². The van der Waals surface area contributed by atoms with Crippen molar-refractivity contribution in [2.24, 2.45) is 5.73 Å². The third-order valence-electron chi connectivity index (χ3n) is 2.59. The minimum atomic E-state index is -0.562. The molecule has 2 amide bonds. The normalized spacial score (nSPS) is 10.1. The SMILES string of the molecule is NC(=O)c1cccc(NC(=O)c2cc(N)cc(Cl)c2)c1. The van der Waals surface area contributed by atoms with Gasteiger partial charge in [0.25, 0.3) is 5.91 Å². The third kappa shape index (κ3) is 3.27. The summed E-state index contributed by atoms with van der Waals surface area (Å²) < 4.78 is 0. The van der Waals surface area contributed by atoms with Gasteiger partial charge in [0.15, 0.2) is 0 Å². The maximum Gasteiger partial charge on any atom is 0.255 e. The first kappa shape index (κ1) is 13.9. The standard InChI is InChI=1S/C14H12ClN3O2/c15-10-4-9(5-11(16)7-10)14(20)18-12-3-1-2-8(6-12)13(17)19/h1-7H,16H2,(H2,17,19)(H,18,20). The molecule has 0 saturated heterocycles. The van der Waals surface area contributed by atoms with E-state index in [1.54, 1.807) is 24.3 Å². The molecule has 0 aliphatic rings. The maximum atomic E-state index is 12.1. The highest BCUT2D eigenvalue weighted by molar-refractivity contribution is 6.31. The van der Waals surface area contributed by atoms with Crippen molar-refractivity contribution in [3.05, 3.63) is 58.6 Å². The van der Waals surface area contributed by atoms with Crippen LogP contribution in [-0.2, 0) is 0 Å². The van der Waals surface area contributed by atoms with Crippen molar-refractivity contribution in [1.82, 2.24) is 0 Å². The highest BCUT2D eigenvalue weighted by atomic mass is 35.5. The molecule has 0 aliphatic carbocycles. The van der Waals surface area contributed by atoms with Gasteiger partial charge in [-0.3, -0.25) is 9.59 Å². The van der Waals surface area contributed by atoms with Gasteiger partial charge in [0, 0.05) is 27.5 Å². The number of hydrogen-bond donors (Lipinski definition) is 3. The van der Waals surface area contributed by atoms with Crippen LogP contribution in [-0.4, -0.2) is 11.8 Å². The van der Waals surface area contributed by atoms with Crippen LogP contribution in [0.5, 0.6) is 0 Å². The zero-order valence-corrected chi connectivity index (χ0v) is 11.1. The summed E-state index contributed by atoms with van der Waals surface area (Å²) in [5, 5.41) is 3.02. The van der Waals surface area contributed by atoms with Crippen LogP contribution in [0, 0.1) is 0 Å². The lowest BCUT2D eigenvalue weighted by Crippen LogP contribution is -2.14. The molecule has 2 aromatic rings. The summed E-state index contributed by atoms with van der Waals surface area (Å²) in [6.45, 7) is 0. The average Bonchev–Trinajstić information content (AvgIpc) is 2.37. The van der Waals surface area contributed by atoms with Crippen molar-refractivity contribution in [3.63, 3.8) is 0 Å². The zero-order chi connectivity index (χ0) is 14.7. The van der Waals surface area contributed by atoms with Crippen LogP contribution < -0.4 is 16.8 Å². The van der Waals surface area contributed by atoms with Crippen LogP contribution in [0.2, 0.25) is 5.02 Å². The second kappa shape index (κ2) is 5.63. The van der Waals surface area contributed by atoms with Gasteiger partial charge in [0.1, 0.15) is 0 Å². The van der Waals surface area contributed by atoms with E-state index in [-0.39, 0.29) is 5.91 Å². The number of hydrogen-bond acceptors (Lipinski definition) is 3. The summed E-state index contributed by atoms with van der Waals surface area (Å²) in [4.78, 5) is 23.1. The first-order valence-electron chi connectivity index (χ1n) is 5.73. The van der Waals surface area contributed by atoms with E-state index in [4.69, 9.17) is 23.1 Å². The molecule has 0 aromatic heterocycles. The molecule has 2 aromatic carbocycles. The summed E-state index contributed by atoms with van der Waals surface area (Å²) in [6.07, 6.45) is 0. The summed E-state index contributed by atoms with van der Waals surface area (Å²) >= 11 is 5.84. The van der Waals surface area contributed by atoms with E-state index >= 15 is 0 Å². The van der Waals surface area contributed by atoms with Crippen LogP contribution in [0.3, 0.4) is 0 Å². The van der Waals surface area contributed by atoms with Crippen molar-refractivity contribution >= 4 is 34.8 Å². The van der Waals surface area contributed by atoms with Gasteiger partial charge in [-0.2, -0.15) is 0 Å². The third-order valence-corrected chi connectivity index (χ3v) is 2.81. The van der Waals surface area contributed by atoms with Crippen molar-refractivity contribution in [1.29, 1.82) is 0 Å². The van der Waals surface area contributed by atoms with E-state index in [1.807, 2.05) is 0 Å². The maximum absolute atomic E-state index is 12.1. The first-order chi connectivity index (χ1) is 9.45. The summed E-state index contributed by atoms with van der Waals surface area (Å²) in [5.74, 6) is -0.936. The smallest absolute Gasteiger partial charge is 0.255 e. The van der Waals surface area contributed by atoms with Crippen LogP contribution in [0.15, 0.2) is 42.5 Å². The molecular weight excluding hydrogens is 278 g/mol. The van der Waals surface area contributed by atoms with E-state index in [0.717, 1.165) is 0 Å². The van der Waals surface area contributed by atoms with Crippen molar-refractivity contribution in [3.8, 4) is 0 Å². The lowest BCUT2D eigenvalue weighted by molar-refractivity contribution is 0.0996. The Hall–Kier alpha value is -2.53. The molecule has 0 atom stereocenters. The number of benzene rings is 2. The van der Waals surface area contributed by atoms with Gasteiger partial charge in [0.05, 0.1) is 0 Å². The molecule has 0 radical (unpaired) electrons. The number of primary amides is 1. The van der Waals surface area contributed by atoms with Gasteiger partial charge in [0.2, 0.25) is 5.91 Å². The number of nitrogens with two attached hydrogens (primary N) is 2. The van der Waals surface area contributed by atoms with E-state index in [9.17, 15) is 9.59 Å². The van der Waals surface area contributed by atoms with Gasteiger partial charge in [-0.05, 0) is 36.4 Å². The fourth-order valence-electron chi connectivity index (χ4n) is 1.70. The molecule has 2 rings (SSSR count). The van der Waals surface area contributed by atoms with Crippen LogP contribution >= 0.6 is 11.6 Å². The van der Waals surface area contributed by atoms with Crippen LogP contribution in [0.4, 0.5) is 11.4 Å². The Balaban J connectivity index is 2.23. The molecule has 102 valence electrons. The Morgan fingerprint density at radius 1 is 1.05 bits per heavy atom. The lowest BCUT2D eigenvalue weighted by atomic mass is 10.1. The van der Waals surface area contributed by atoms with E-state index in [1.165, 1.54) is 18.2 Å². The van der Waals surface area contributed by atoms with Gasteiger partial charge in [-0.1, -0.05) is 17.7 Å². The molecule has 0 bridgehead atoms. The van der Waals surface area contributed by atoms with Gasteiger partial charge < -0.3 is 16.8 Å². The number of carbonyl (C=O) groups excluding carboxylic acids is 2. The number of nitrogens with one attached hydrogen (secondary N) is 1. The predicted octanol–water partition coefficient (Wildman–Crippen LogP) is 2.27. The number of nitrogen functional groups attached to an aromatic ring is 1. The highest BCUT2D eigenvalue weighted by Gasteiger charge is 2.09. The average molecular weight is 290 g/mol. The molecule has 0 unspecified atom stereocenters. The zero-order valence-electron chi connectivity index (χ0n) is 10.4. The summed E-state index contributed by atoms with van der Waals surface area (Å²) in [6, 6.07) is 10.9. The minimum Gasteiger partial charge on any atom is -0.399 e. The lowest BCUT2D eigenvalue weighted by Gasteiger charge is -2.07. The number of amides is 2. The number of rotatable bonds is 3. The monoisotopic (exact) mass is 289 g/mol. The molecule has 5 N–H and O–H groups in total. The van der Waals surface area contributed by atoms with Crippen LogP contribution in [0.1, 0.15) is 20.7 Å². The van der Waals surface area contributed by atoms with Crippen molar-refractivity contribution in [2.45, 2.75) is 0 Å². The Kier molecular flexibility index (Phi) is 3.91. The summed E-state index contributed by atoms with van der Waals surface area (Å²) in [5.41, 5.74) is 12.3. The number of anilines is 2. The Morgan fingerprint density at radius 3 is 2.45 bits per heavy atom. The number of carbonyl (C=O) groups is 2. The quantitative estimate of drug-likeness (QED) is 0.756. The molecule has 0 heterocycles. The van der Waals surface area contributed by atoms with E-state index in [2.05, 4.69) is 5.32 Å². The minimum absolute atomic E-state index is 0.313. The second-order valence-corrected chi connectivity index (χ2v) is 4.61.